The van der Waals surface area contributed by atoms with Crippen LogP contribution in [0.2, 0.25) is 0 Å². The number of piperidine rings is 1. The van der Waals surface area contributed by atoms with Gasteiger partial charge in [0.15, 0.2) is 5.16 Å². The van der Waals surface area contributed by atoms with Gasteiger partial charge in [-0.25, -0.2) is 4.98 Å². The van der Waals surface area contributed by atoms with Crippen LogP contribution in [0.15, 0.2) is 28.2 Å². The van der Waals surface area contributed by atoms with Crippen molar-refractivity contribution in [2.45, 2.75) is 76.9 Å². The maximum Gasteiger partial charge on any atom is 0.267 e. The van der Waals surface area contributed by atoms with Crippen molar-refractivity contribution in [2.24, 2.45) is 0 Å². The van der Waals surface area contributed by atoms with E-state index < -0.39 is 0 Å². The number of rotatable bonds is 4. The Morgan fingerprint density at radius 3 is 2.82 bits per heavy atom. The van der Waals surface area contributed by atoms with Crippen LogP contribution in [0.25, 0.3) is 15.9 Å². The minimum Gasteiger partial charge on any atom is -0.339 e. The lowest BCUT2D eigenvalue weighted by molar-refractivity contribution is -0.131. The SMILES string of the molecule is Cc1ccc(C)c(-n2c(SCC(=O)N3CCCCC3C)nc3sc4c(c3c2=O)CCCC4)c1. The highest BCUT2D eigenvalue weighted by Gasteiger charge is 2.26. The quantitative estimate of drug-likeness (QED) is 0.368. The number of likely N-dealkylation sites (tertiary alicyclic amines) is 1. The van der Waals surface area contributed by atoms with Gasteiger partial charge in [-0.2, -0.15) is 0 Å². The first-order valence-corrected chi connectivity index (χ1v) is 13.8. The number of carbonyl (C=O) groups is 1. The fourth-order valence-corrected chi connectivity index (χ4v) is 7.33. The average Bonchev–Trinajstić information content (AvgIpc) is 3.18. The van der Waals surface area contributed by atoms with Crippen molar-refractivity contribution in [2.75, 3.05) is 12.3 Å². The van der Waals surface area contributed by atoms with Crippen LogP contribution >= 0.6 is 23.1 Å². The van der Waals surface area contributed by atoms with Gasteiger partial charge in [0.05, 0.1) is 16.8 Å². The van der Waals surface area contributed by atoms with Gasteiger partial charge in [0, 0.05) is 17.5 Å². The standard InChI is InChI=1S/C26H31N3O2S2/c1-16-11-12-17(2)20(14-16)29-25(31)23-19-9-4-5-10-21(19)33-24(23)27-26(29)32-15-22(30)28-13-7-6-8-18(28)3/h11-12,14,18H,4-10,13,15H2,1-3H3. The van der Waals surface area contributed by atoms with Crippen LogP contribution in [0.4, 0.5) is 0 Å². The van der Waals surface area contributed by atoms with E-state index in [0.717, 1.165) is 65.7 Å². The molecular weight excluding hydrogens is 450 g/mol. The predicted molar refractivity (Wildman–Crippen MR) is 137 cm³/mol. The molecule has 2 aliphatic rings. The smallest absolute Gasteiger partial charge is 0.267 e. The van der Waals surface area contributed by atoms with E-state index in [1.165, 1.54) is 35.0 Å². The van der Waals surface area contributed by atoms with E-state index in [9.17, 15) is 9.59 Å². The Kier molecular flexibility index (Phi) is 6.36. The van der Waals surface area contributed by atoms with E-state index in [-0.39, 0.29) is 17.5 Å². The maximum atomic E-state index is 14.0. The lowest BCUT2D eigenvalue weighted by Crippen LogP contribution is -2.43. The molecule has 1 unspecified atom stereocenters. The van der Waals surface area contributed by atoms with Crippen molar-refractivity contribution in [1.29, 1.82) is 0 Å². The first kappa shape index (κ1) is 22.7. The summed E-state index contributed by atoms with van der Waals surface area (Å²) in [5.74, 6) is 0.442. The summed E-state index contributed by atoms with van der Waals surface area (Å²) in [5.41, 5.74) is 4.21. The zero-order valence-corrected chi connectivity index (χ0v) is 21.3. The highest BCUT2D eigenvalue weighted by molar-refractivity contribution is 7.99. The van der Waals surface area contributed by atoms with Gasteiger partial charge in [0.2, 0.25) is 5.91 Å². The summed E-state index contributed by atoms with van der Waals surface area (Å²) < 4.78 is 1.77. The Labute approximate surface area is 203 Å². The number of fused-ring (bicyclic) bond motifs is 3. The molecule has 1 fully saturated rings. The number of thiophene rings is 1. The number of carbonyl (C=O) groups excluding carboxylic acids is 1. The van der Waals surface area contributed by atoms with E-state index in [2.05, 4.69) is 25.1 Å². The number of aromatic nitrogens is 2. The molecule has 1 aliphatic carbocycles. The molecule has 7 heteroatoms. The molecule has 5 rings (SSSR count). The molecule has 0 N–H and O–H groups in total. The summed E-state index contributed by atoms with van der Waals surface area (Å²) in [4.78, 5) is 36.2. The molecule has 33 heavy (non-hydrogen) atoms. The van der Waals surface area contributed by atoms with E-state index in [1.807, 2.05) is 18.7 Å². The number of hydrogen-bond donors (Lipinski definition) is 0. The Bertz CT molecular complexity index is 1280. The minimum atomic E-state index is 0.00869. The van der Waals surface area contributed by atoms with Gasteiger partial charge in [-0.3, -0.25) is 14.2 Å². The van der Waals surface area contributed by atoms with E-state index in [0.29, 0.717) is 10.9 Å². The molecule has 1 aromatic carbocycles. The van der Waals surface area contributed by atoms with Gasteiger partial charge in [-0.05, 0) is 88.5 Å². The number of amides is 1. The molecule has 1 saturated heterocycles. The molecule has 0 bridgehead atoms. The van der Waals surface area contributed by atoms with Gasteiger partial charge in [0.1, 0.15) is 4.83 Å². The summed E-state index contributed by atoms with van der Waals surface area (Å²) >= 11 is 3.07. The summed E-state index contributed by atoms with van der Waals surface area (Å²) in [6.45, 7) is 7.03. The number of aryl methyl sites for hydroxylation is 4. The Morgan fingerprint density at radius 2 is 2.00 bits per heavy atom. The van der Waals surface area contributed by atoms with E-state index in [4.69, 9.17) is 4.98 Å². The summed E-state index contributed by atoms with van der Waals surface area (Å²) in [7, 11) is 0. The molecular formula is C26H31N3O2S2. The number of benzene rings is 1. The number of nitrogens with zero attached hydrogens (tertiary/aromatic N) is 3. The second-order valence-electron chi connectivity index (χ2n) is 9.44. The van der Waals surface area contributed by atoms with Gasteiger partial charge < -0.3 is 4.90 Å². The zero-order valence-electron chi connectivity index (χ0n) is 19.6. The molecule has 1 atom stereocenters. The van der Waals surface area contributed by atoms with Crippen LogP contribution in [0, 0.1) is 13.8 Å². The maximum absolute atomic E-state index is 14.0. The molecule has 1 amide bonds. The van der Waals surface area contributed by atoms with E-state index >= 15 is 0 Å². The zero-order chi connectivity index (χ0) is 23.1. The number of hydrogen-bond acceptors (Lipinski definition) is 5. The Balaban J connectivity index is 1.60. The van der Waals surface area contributed by atoms with Gasteiger partial charge >= 0.3 is 0 Å². The first-order chi connectivity index (χ1) is 15.9. The summed E-state index contributed by atoms with van der Waals surface area (Å²) in [6, 6.07) is 6.46. The highest BCUT2D eigenvalue weighted by atomic mass is 32.2. The minimum absolute atomic E-state index is 0.00869. The average molecular weight is 482 g/mol. The van der Waals surface area contributed by atoms with Crippen molar-refractivity contribution in [3.63, 3.8) is 0 Å². The monoisotopic (exact) mass is 481 g/mol. The van der Waals surface area contributed by atoms with Gasteiger partial charge in [0.25, 0.3) is 5.56 Å². The summed E-state index contributed by atoms with van der Waals surface area (Å²) in [6.07, 6.45) is 7.61. The van der Waals surface area contributed by atoms with Crippen LogP contribution in [-0.4, -0.2) is 38.7 Å². The predicted octanol–water partition coefficient (Wildman–Crippen LogP) is 5.44. The molecule has 174 valence electrons. The Hall–Kier alpha value is -2.12. The topological polar surface area (TPSA) is 55.2 Å². The largest absolute Gasteiger partial charge is 0.339 e. The van der Waals surface area contributed by atoms with Crippen molar-refractivity contribution < 1.29 is 4.79 Å². The van der Waals surface area contributed by atoms with E-state index in [1.54, 1.807) is 15.9 Å². The van der Waals surface area contributed by atoms with Crippen molar-refractivity contribution in [3.8, 4) is 5.69 Å². The first-order valence-electron chi connectivity index (χ1n) is 12.0. The van der Waals surface area contributed by atoms with Crippen molar-refractivity contribution in [3.05, 3.63) is 50.1 Å². The fraction of sp³-hybridized carbons (Fsp3) is 0.500. The molecule has 3 aromatic rings. The van der Waals surface area contributed by atoms with Crippen LogP contribution in [0.5, 0.6) is 0 Å². The third kappa shape index (κ3) is 4.26. The molecule has 0 spiro atoms. The molecule has 0 saturated carbocycles. The van der Waals surface area contributed by atoms with Crippen LogP contribution in [0.1, 0.15) is 60.6 Å². The lowest BCUT2D eigenvalue weighted by atomic mass is 9.97. The lowest BCUT2D eigenvalue weighted by Gasteiger charge is -2.33. The molecule has 3 heterocycles. The fourth-order valence-electron chi connectivity index (χ4n) is 5.13. The van der Waals surface area contributed by atoms with Crippen molar-refractivity contribution in [1.82, 2.24) is 14.5 Å². The molecule has 1 aliphatic heterocycles. The van der Waals surface area contributed by atoms with Crippen LogP contribution in [-0.2, 0) is 17.6 Å². The second kappa shape index (κ2) is 9.26. The third-order valence-corrected chi connectivity index (χ3v) is 9.12. The van der Waals surface area contributed by atoms with Gasteiger partial charge in [-0.15, -0.1) is 11.3 Å². The van der Waals surface area contributed by atoms with Crippen LogP contribution < -0.4 is 5.56 Å². The van der Waals surface area contributed by atoms with Gasteiger partial charge in [-0.1, -0.05) is 23.9 Å². The summed E-state index contributed by atoms with van der Waals surface area (Å²) in [5, 5.41) is 1.41. The Morgan fingerprint density at radius 1 is 1.18 bits per heavy atom. The molecule has 0 radical (unpaired) electrons. The normalized spacial score (nSPS) is 18.5. The molecule has 5 nitrogen and oxygen atoms in total. The number of thioether (sulfide) groups is 1. The second-order valence-corrected chi connectivity index (χ2v) is 11.5. The third-order valence-electron chi connectivity index (χ3n) is 7.01. The van der Waals surface area contributed by atoms with Crippen molar-refractivity contribution >= 4 is 39.2 Å². The molecule has 2 aromatic heterocycles. The van der Waals surface area contributed by atoms with Crippen LogP contribution in [0.3, 0.4) is 0 Å². The highest BCUT2D eigenvalue weighted by Crippen LogP contribution is 2.35.